The summed E-state index contributed by atoms with van der Waals surface area (Å²) in [6.45, 7) is 1.87. The van der Waals surface area contributed by atoms with Crippen molar-refractivity contribution in [3.63, 3.8) is 0 Å². The Labute approximate surface area is 219 Å². The van der Waals surface area contributed by atoms with Crippen molar-refractivity contribution in [3.8, 4) is 11.5 Å². The monoisotopic (exact) mass is 565 g/mol. The highest BCUT2D eigenvalue weighted by Gasteiger charge is 2.37. The number of imide groups is 2. The smallest absolute Gasteiger partial charge is 0.335 e. The van der Waals surface area contributed by atoms with Crippen LogP contribution < -0.4 is 19.7 Å². The van der Waals surface area contributed by atoms with E-state index in [0.717, 1.165) is 14.9 Å². The predicted octanol–water partition coefficient (Wildman–Crippen LogP) is 4.92. The van der Waals surface area contributed by atoms with Crippen LogP contribution in [0.4, 0.5) is 16.2 Å². The maximum atomic E-state index is 13.3. The number of carbonyl (C=O) groups is 3. The van der Waals surface area contributed by atoms with Crippen LogP contribution in [0, 0.1) is 17.0 Å². The summed E-state index contributed by atoms with van der Waals surface area (Å²) in [6.07, 6.45) is 1.34. The first-order chi connectivity index (χ1) is 17.7. The molecule has 0 atom stereocenters. The number of barbiturate groups is 1. The third-order valence-corrected chi connectivity index (χ3v) is 6.45. The fourth-order valence-electron chi connectivity index (χ4n) is 3.58. The summed E-state index contributed by atoms with van der Waals surface area (Å²) >= 11 is 3.39. The number of nitrogens with one attached hydrogen (secondary N) is 1. The molecular weight excluding hydrogens is 546 g/mol. The molecule has 4 rings (SSSR count). The Morgan fingerprint density at radius 2 is 1.78 bits per heavy atom. The summed E-state index contributed by atoms with van der Waals surface area (Å²) in [7, 11) is 1.48. The number of methoxy groups -OCH3 is 1. The molecule has 1 aliphatic rings. The van der Waals surface area contributed by atoms with Crippen molar-refractivity contribution in [2.45, 2.75) is 13.5 Å². The minimum Gasteiger partial charge on any atom is -0.497 e. The summed E-state index contributed by atoms with van der Waals surface area (Å²) < 4.78 is 12.0. The lowest BCUT2D eigenvalue weighted by atomic mass is 10.1. The van der Waals surface area contributed by atoms with Gasteiger partial charge in [-0.2, -0.15) is 0 Å². The van der Waals surface area contributed by atoms with E-state index in [4.69, 9.17) is 9.47 Å². The first-order valence-corrected chi connectivity index (χ1v) is 11.7. The molecule has 0 unspecified atom stereocenters. The molecule has 0 aromatic heterocycles. The van der Waals surface area contributed by atoms with Gasteiger partial charge in [0.15, 0.2) is 0 Å². The number of anilines is 1. The van der Waals surface area contributed by atoms with Gasteiger partial charge >= 0.3 is 6.03 Å². The molecule has 188 valence electrons. The van der Waals surface area contributed by atoms with Crippen LogP contribution in [0.3, 0.4) is 0 Å². The molecule has 4 amide bonds. The minimum absolute atomic E-state index is 0.0440. The van der Waals surface area contributed by atoms with Crippen molar-refractivity contribution >= 4 is 51.2 Å². The Morgan fingerprint density at radius 3 is 2.43 bits per heavy atom. The van der Waals surface area contributed by atoms with Crippen molar-refractivity contribution in [3.05, 3.63) is 97.5 Å². The van der Waals surface area contributed by atoms with Crippen molar-refractivity contribution in [1.29, 1.82) is 0 Å². The number of nitro benzene ring substituents is 1. The molecule has 11 heteroatoms. The van der Waals surface area contributed by atoms with E-state index in [1.54, 1.807) is 48.5 Å². The van der Waals surface area contributed by atoms with E-state index in [1.165, 1.54) is 25.3 Å². The Hall–Kier alpha value is -4.51. The van der Waals surface area contributed by atoms with E-state index in [9.17, 15) is 24.5 Å². The van der Waals surface area contributed by atoms with Gasteiger partial charge in [0, 0.05) is 28.2 Å². The van der Waals surface area contributed by atoms with E-state index < -0.39 is 22.8 Å². The number of hydrogen-bond donors (Lipinski definition) is 1. The number of benzene rings is 3. The van der Waals surface area contributed by atoms with Crippen LogP contribution in [-0.4, -0.2) is 29.9 Å². The van der Waals surface area contributed by atoms with Gasteiger partial charge in [-0.15, -0.1) is 0 Å². The molecule has 0 saturated carbocycles. The highest BCUT2D eigenvalue weighted by molar-refractivity contribution is 9.10. The number of nitrogens with zero attached hydrogens (tertiary/aromatic N) is 2. The van der Waals surface area contributed by atoms with Crippen LogP contribution >= 0.6 is 15.9 Å². The van der Waals surface area contributed by atoms with E-state index in [1.807, 2.05) is 6.92 Å². The van der Waals surface area contributed by atoms with Gasteiger partial charge in [-0.3, -0.25) is 25.0 Å². The second kappa shape index (κ2) is 10.6. The second-order valence-electron chi connectivity index (χ2n) is 8.01. The number of nitro groups is 1. The standard InChI is InChI=1S/C26H20BrN3O7/c1-15-11-19(8-10-22(15)27)29-25(32)21(24(31)28-26(29)33)12-17-5-9-20(36-2)13-23(17)37-14-16-3-6-18(7-4-16)30(34)35/h3-13H,14H2,1-2H3,(H,28,31,33)/b21-12-. The van der Waals surface area contributed by atoms with Crippen molar-refractivity contribution in [2.24, 2.45) is 0 Å². The van der Waals surface area contributed by atoms with E-state index >= 15 is 0 Å². The van der Waals surface area contributed by atoms with Crippen molar-refractivity contribution in [1.82, 2.24) is 5.32 Å². The first-order valence-electron chi connectivity index (χ1n) is 10.9. The SMILES string of the molecule is COc1ccc(/C=C2/C(=O)NC(=O)N(c3ccc(Br)c(C)c3)C2=O)c(OCc2ccc([N+](=O)[O-])cc2)c1. The molecule has 3 aromatic carbocycles. The van der Waals surface area contributed by atoms with Gasteiger partial charge in [0.05, 0.1) is 17.7 Å². The second-order valence-corrected chi connectivity index (χ2v) is 8.86. The van der Waals surface area contributed by atoms with Gasteiger partial charge in [-0.05, 0) is 66.6 Å². The summed E-state index contributed by atoms with van der Waals surface area (Å²) in [6, 6.07) is 14.8. The van der Waals surface area contributed by atoms with Crippen LogP contribution in [0.2, 0.25) is 0 Å². The average molecular weight is 566 g/mol. The third-order valence-electron chi connectivity index (χ3n) is 5.56. The van der Waals surface area contributed by atoms with Crippen LogP contribution in [0.5, 0.6) is 11.5 Å². The zero-order chi connectivity index (χ0) is 26.7. The number of halogens is 1. The number of hydrogen-bond acceptors (Lipinski definition) is 7. The maximum Gasteiger partial charge on any atom is 0.335 e. The lowest BCUT2D eigenvalue weighted by Crippen LogP contribution is -2.54. The number of amides is 4. The number of carbonyl (C=O) groups excluding carboxylic acids is 3. The fraction of sp³-hybridized carbons (Fsp3) is 0.115. The molecule has 0 aliphatic carbocycles. The zero-order valence-corrected chi connectivity index (χ0v) is 21.3. The molecule has 1 heterocycles. The summed E-state index contributed by atoms with van der Waals surface area (Å²) in [5.74, 6) is -0.846. The predicted molar refractivity (Wildman–Crippen MR) is 138 cm³/mol. The molecule has 1 aliphatic heterocycles. The molecule has 37 heavy (non-hydrogen) atoms. The van der Waals surface area contributed by atoms with Gasteiger partial charge in [0.1, 0.15) is 23.7 Å². The molecule has 10 nitrogen and oxygen atoms in total. The Kier molecular flexibility index (Phi) is 7.35. The van der Waals surface area contributed by atoms with Gasteiger partial charge in [-0.25, -0.2) is 9.69 Å². The molecular formula is C26H20BrN3O7. The van der Waals surface area contributed by atoms with Gasteiger partial charge < -0.3 is 9.47 Å². The largest absolute Gasteiger partial charge is 0.497 e. The van der Waals surface area contributed by atoms with Gasteiger partial charge in [0.2, 0.25) is 0 Å². The highest BCUT2D eigenvalue weighted by atomic mass is 79.9. The van der Waals surface area contributed by atoms with Crippen LogP contribution in [0.1, 0.15) is 16.7 Å². The van der Waals surface area contributed by atoms with Gasteiger partial charge in [-0.1, -0.05) is 15.9 Å². The third kappa shape index (κ3) is 5.51. The van der Waals surface area contributed by atoms with Gasteiger partial charge in [0.25, 0.3) is 17.5 Å². The normalized spacial score (nSPS) is 14.5. The average Bonchev–Trinajstić information content (AvgIpc) is 2.87. The Balaban J connectivity index is 1.66. The quantitative estimate of drug-likeness (QED) is 0.186. The molecule has 1 N–H and O–H groups in total. The fourth-order valence-corrected chi connectivity index (χ4v) is 3.82. The van der Waals surface area contributed by atoms with E-state index in [-0.39, 0.29) is 17.9 Å². The summed E-state index contributed by atoms with van der Waals surface area (Å²) in [5.41, 5.74) is 1.87. The zero-order valence-electron chi connectivity index (χ0n) is 19.7. The van der Waals surface area contributed by atoms with Crippen molar-refractivity contribution < 1.29 is 28.8 Å². The topological polar surface area (TPSA) is 128 Å². The lowest BCUT2D eigenvalue weighted by molar-refractivity contribution is -0.384. The van der Waals surface area contributed by atoms with E-state index in [0.29, 0.717) is 28.3 Å². The highest BCUT2D eigenvalue weighted by Crippen LogP contribution is 2.30. The number of ether oxygens (including phenoxy) is 2. The lowest BCUT2D eigenvalue weighted by Gasteiger charge is -2.27. The van der Waals surface area contributed by atoms with Crippen molar-refractivity contribution in [2.75, 3.05) is 12.0 Å². The summed E-state index contributed by atoms with van der Waals surface area (Å²) in [4.78, 5) is 49.8. The summed E-state index contributed by atoms with van der Waals surface area (Å²) in [5, 5.41) is 13.1. The molecule has 0 spiro atoms. The van der Waals surface area contributed by atoms with Crippen LogP contribution in [0.15, 0.2) is 70.7 Å². The Morgan fingerprint density at radius 1 is 1.05 bits per heavy atom. The molecule has 0 radical (unpaired) electrons. The van der Waals surface area contributed by atoms with E-state index in [2.05, 4.69) is 21.2 Å². The maximum absolute atomic E-state index is 13.3. The molecule has 0 bridgehead atoms. The van der Waals surface area contributed by atoms with Crippen LogP contribution in [-0.2, 0) is 16.2 Å². The minimum atomic E-state index is -0.849. The number of non-ortho nitro benzene ring substituents is 1. The number of aryl methyl sites for hydroxylation is 1. The number of urea groups is 1. The Bertz CT molecular complexity index is 1450. The molecule has 1 fully saturated rings. The first kappa shape index (κ1) is 25.6. The molecule has 1 saturated heterocycles. The van der Waals surface area contributed by atoms with Crippen LogP contribution in [0.25, 0.3) is 6.08 Å². The molecule has 3 aromatic rings. The number of rotatable bonds is 7.